The van der Waals surface area contributed by atoms with Gasteiger partial charge in [0.2, 0.25) is 0 Å². The molecule has 1 fully saturated rings. The van der Waals surface area contributed by atoms with Gasteiger partial charge in [-0.15, -0.1) is 0 Å². The van der Waals surface area contributed by atoms with Crippen LogP contribution in [0.15, 0.2) is 55.1 Å². The number of carbonyl (C=O) groups excluding carboxylic acids is 1. The fraction of sp³-hybridized carbons (Fsp3) is 0.333. The maximum absolute atomic E-state index is 12.0. The van der Waals surface area contributed by atoms with E-state index in [1.807, 2.05) is 49.4 Å². The van der Waals surface area contributed by atoms with Crippen molar-refractivity contribution in [2.45, 2.75) is 58.4 Å². The third-order valence-electron chi connectivity index (χ3n) is 6.39. The summed E-state index contributed by atoms with van der Waals surface area (Å²) in [5.41, 5.74) is 4.03. The molecular formula is C27H28N6O3. The number of hydrogen-bond donors (Lipinski definition) is 1. The fourth-order valence-electron chi connectivity index (χ4n) is 4.51. The standard InChI is InChI=1S/C27H28N6O3/c1-17(2)35-27(34)31-20-9-7-19(8-10-20)26-24(14-28)23-12-11-22(36-18(3)32-16-29-15-30-32)13-25(23)33(26)21-5-4-6-21/h7-13,15-18,21H,4-6H2,1-3H3,(H,31,34). The summed E-state index contributed by atoms with van der Waals surface area (Å²) in [5.74, 6) is 0.697. The van der Waals surface area contributed by atoms with E-state index < -0.39 is 6.09 Å². The van der Waals surface area contributed by atoms with E-state index in [2.05, 4.69) is 26.0 Å². The Bertz CT molecular complexity index is 1410. The van der Waals surface area contributed by atoms with Gasteiger partial charge in [0, 0.05) is 23.2 Å². The SMILES string of the molecule is CC(C)OC(=O)Nc1ccc(-c2c(C#N)c3ccc(OC(C)n4cncn4)cc3n2C2CCC2)cc1. The van der Waals surface area contributed by atoms with Crippen molar-refractivity contribution in [1.82, 2.24) is 19.3 Å². The average molecular weight is 485 g/mol. The largest absolute Gasteiger partial charge is 0.469 e. The third kappa shape index (κ3) is 4.50. The summed E-state index contributed by atoms with van der Waals surface area (Å²) < 4.78 is 15.2. The Morgan fingerprint density at radius 1 is 1.17 bits per heavy atom. The van der Waals surface area contributed by atoms with Crippen molar-refractivity contribution in [1.29, 1.82) is 5.26 Å². The zero-order valence-corrected chi connectivity index (χ0v) is 20.5. The predicted molar refractivity (Wildman–Crippen MR) is 136 cm³/mol. The number of rotatable bonds is 7. The minimum Gasteiger partial charge on any atom is -0.469 e. The van der Waals surface area contributed by atoms with Gasteiger partial charge < -0.3 is 14.0 Å². The van der Waals surface area contributed by atoms with Crippen LogP contribution >= 0.6 is 0 Å². The van der Waals surface area contributed by atoms with Gasteiger partial charge in [0.05, 0.1) is 22.9 Å². The van der Waals surface area contributed by atoms with Crippen LogP contribution in [-0.2, 0) is 4.74 Å². The number of nitriles is 1. The quantitative estimate of drug-likeness (QED) is 0.342. The number of anilines is 1. The fourth-order valence-corrected chi connectivity index (χ4v) is 4.51. The van der Waals surface area contributed by atoms with Crippen LogP contribution in [0.2, 0.25) is 0 Å². The number of carbonyl (C=O) groups is 1. The van der Waals surface area contributed by atoms with Gasteiger partial charge in [0.1, 0.15) is 24.5 Å². The number of aromatic nitrogens is 4. The molecule has 9 nitrogen and oxygen atoms in total. The molecule has 9 heteroatoms. The second-order valence-electron chi connectivity index (χ2n) is 9.22. The lowest BCUT2D eigenvalue weighted by Crippen LogP contribution is -2.18. The van der Waals surface area contributed by atoms with Gasteiger partial charge in [-0.05, 0) is 69.9 Å². The van der Waals surface area contributed by atoms with E-state index in [-0.39, 0.29) is 12.3 Å². The highest BCUT2D eigenvalue weighted by Gasteiger charge is 2.28. The maximum Gasteiger partial charge on any atom is 0.411 e. The molecule has 0 bridgehead atoms. The molecule has 184 valence electrons. The predicted octanol–water partition coefficient (Wildman–Crippen LogP) is 6.05. The molecule has 1 N–H and O–H groups in total. The van der Waals surface area contributed by atoms with Gasteiger partial charge in [-0.25, -0.2) is 14.5 Å². The summed E-state index contributed by atoms with van der Waals surface area (Å²) in [6.45, 7) is 5.51. The molecular weight excluding hydrogens is 456 g/mol. The molecule has 0 aliphatic heterocycles. The number of ether oxygens (including phenoxy) is 2. The van der Waals surface area contributed by atoms with Crippen molar-refractivity contribution >= 4 is 22.7 Å². The summed E-state index contributed by atoms with van der Waals surface area (Å²) >= 11 is 0. The van der Waals surface area contributed by atoms with Crippen LogP contribution in [0.25, 0.3) is 22.2 Å². The molecule has 1 unspecified atom stereocenters. The monoisotopic (exact) mass is 484 g/mol. The molecule has 0 spiro atoms. The lowest BCUT2D eigenvalue weighted by molar-refractivity contribution is 0.130. The van der Waals surface area contributed by atoms with Gasteiger partial charge in [-0.3, -0.25) is 5.32 Å². The van der Waals surface area contributed by atoms with Crippen molar-refractivity contribution in [2.24, 2.45) is 0 Å². The number of nitrogens with one attached hydrogen (secondary N) is 1. The average Bonchev–Trinajstić information content (AvgIpc) is 3.45. The zero-order valence-electron chi connectivity index (χ0n) is 20.5. The Kier molecular flexibility index (Phi) is 6.34. The third-order valence-corrected chi connectivity index (χ3v) is 6.39. The summed E-state index contributed by atoms with van der Waals surface area (Å²) in [6, 6.07) is 16.1. The highest BCUT2D eigenvalue weighted by molar-refractivity contribution is 5.96. The number of nitrogens with zero attached hydrogens (tertiary/aromatic N) is 5. The summed E-state index contributed by atoms with van der Waals surface area (Å²) in [4.78, 5) is 16.0. The Labute approximate surface area is 209 Å². The molecule has 4 aromatic rings. The van der Waals surface area contributed by atoms with Crippen molar-refractivity contribution < 1.29 is 14.3 Å². The molecule has 2 heterocycles. The minimum atomic E-state index is -0.494. The first-order valence-electron chi connectivity index (χ1n) is 12.1. The molecule has 0 saturated heterocycles. The van der Waals surface area contributed by atoms with Gasteiger partial charge >= 0.3 is 6.09 Å². The maximum atomic E-state index is 12.0. The molecule has 2 aromatic heterocycles. The van der Waals surface area contributed by atoms with E-state index in [0.29, 0.717) is 23.0 Å². The first-order valence-corrected chi connectivity index (χ1v) is 12.1. The van der Waals surface area contributed by atoms with E-state index in [0.717, 1.165) is 41.4 Å². The highest BCUT2D eigenvalue weighted by Crippen LogP contribution is 2.43. The summed E-state index contributed by atoms with van der Waals surface area (Å²) in [7, 11) is 0. The van der Waals surface area contributed by atoms with E-state index in [1.165, 1.54) is 6.33 Å². The molecule has 1 amide bonds. The van der Waals surface area contributed by atoms with Crippen LogP contribution in [0.1, 0.15) is 57.9 Å². The van der Waals surface area contributed by atoms with E-state index in [9.17, 15) is 10.1 Å². The lowest BCUT2D eigenvalue weighted by atomic mass is 9.92. The molecule has 1 saturated carbocycles. The smallest absolute Gasteiger partial charge is 0.411 e. The Hall–Kier alpha value is -4.32. The van der Waals surface area contributed by atoms with Gasteiger partial charge in [-0.2, -0.15) is 10.4 Å². The van der Waals surface area contributed by atoms with Gasteiger partial charge in [-0.1, -0.05) is 12.1 Å². The minimum absolute atomic E-state index is 0.200. The number of benzene rings is 2. The van der Waals surface area contributed by atoms with Crippen LogP contribution in [-0.4, -0.2) is 31.5 Å². The second-order valence-corrected chi connectivity index (χ2v) is 9.22. The zero-order chi connectivity index (χ0) is 25.2. The highest BCUT2D eigenvalue weighted by atomic mass is 16.6. The van der Waals surface area contributed by atoms with Gasteiger partial charge in [0.15, 0.2) is 6.23 Å². The summed E-state index contributed by atoms with van der Waals surface area (Å²) in [5, 5.41) is 18.0. The van der Waals surface area contributed by atoms with Crippen LogP contribution in [0.4, 0.5) is 10.5 Å². The Morgan fingerprint density at radius 3 is 2.56 bits per heavy atom. The van der Waals surface area contributed by atoms with Crippen molar-refractivity contribution in [3.05, 3.63) is 60.7 Å². The topological polar surface area (TPSA) is 107 Å². The molecule has 1 atom stereocenters. The molecule has 1 aliphatic rings. The van der Waals surface area contributed by atoms with Crippen LogP contribution in [0.5, 0.6) is 5.75 Å². The number of hydrogen-bond acceptors (Lipinski definition) is 6. The molecule has 36 heavy (non-hydrogen) atoms. The first-order chi connectivity index (χ1) is 17.4. The number of amides is 1. The summed E-state index contributed by atoms with van der Waals surface area (Å²) in [6.07, 6.45) is 5.35. The van der Waals surface area contributed by atoms with Crippen LogP contribution < -0.4 is 10.1 Å². The van der Waals surface area contributed by atoms with Crippen LogP contribution in [0.3, 0.4) is 0 Å². The molecule has 5 rings (SSSR count). The first kappa shape index (κ1) is 23.4. The molecule has 2 aromatic carbocycles. The van der Waals surface area contributed by atoms with Crippen LogP contribution in [0, 0.1) is 11.3 Å². The van der Waals surface area contributed by atoms with Crippen molar-refractivity contribution in [3.8, 4) is 23.1 Å². The van der Waals surface area contributed by atoms with Crippen molar-refractivity contribution in [2.75, 3.05) is 5.32 Å². The lowest BCUT2D eigenvalue weighted by Gasteiger charge is -2.30. The van der Waals surface area contributed by atoms with Crippen molar-refractivity contribution in [3.63, 3.8) is 0 Å². The number of fused-ring (bicyclic) bond motifs is 1. The Balaban J connectivity index is 1.53. The molecule has 1 aliphatic carbocycles. The normalized spacial score (nSPS) is 14.3. The molecule has 0 radical (unpaired) electrons. The van der Waals surface area contributed by atoms with E-state index in [4.69, 9.17) is 9.47 Å². The Morgan fingerprint density at radius 2 is 1.94 bits per heavy atom. The van der Waals surface area contributed by atoms with E-state index >= 15 is 0 Å². The van der Waals surface area contributed by atoms with E-state index in [1.54, 1.807) is 24.9 Å². The van der Waals surface area contributed by atoms with Gasteiger partial charge in [0.25, 0.3) is 0 Å². The second kappa shape index (κ2) is 9.74.